The molecule has 24 heavy (non-hydrogen) atoms. The van der Waals surface area contributed by atoms with E-state index in [1.807, 2.05) is 39.0 Å². The van der Waals surface area contributed by atoms with E-state index in [0.29, 0.717) is 23.4 Å². The third-order valence-corrected chi connectivity index (χ3v) is 5.07. The lowest BCUT2D eigenvalue weighted by molar-refractivity contribution is 0.0241. The van der Waals surface area contributed by atoms with Crippen molar-refractivity contribution in [2.24, 2.45) is 0 Å². The maximum atomic E-state index is 12.6. The van der Waals surface area contributed by atoms with E-state index in [0.717, 1.165) is 12.8 Å². The Morgan fingerprint density at radius 2 is 2.17 bits per heavy atom. The SMILES string of the molecule is CC(C)(C)OC(=O)N1CCC[C@@H]1C[S@@](=O)c1nc2ccccc2o1. The minimum absolute atomic E-state index is 0.115. The molecule has 2 heterocycles. The molecule has 130 valence electrons. The number of amides is 1. The first-order valence-electron chi connectivity index (χ1n) is 8.07. The highest BCUT2D eigenvalue weighted by Crippen LogP contribution is 2.24. The lowest BCUT2D eigenvalue weighted by atomic mass is 10.2. The molecule has 0 N–H and O–H groups in total. The van der Waals surface area contributed by atoms with Crippen molar-refractivity contribution in [3.05, 3.63) is 24.3 Å². The van der Waals surface area contributed by atoms with Gasteiger partial charge in [-0.2, -0.15) is 0 Å². The summed E-state index contributed by atoms with van der Waals surface area (Å²) in [5.41, 5.74) is 0.775. The predicted octanol–water partition coefficient (Wildman–Crippen LogP) is 3.33. The number of aromatic nitrogens is 1. The van der Waals surface area contributed by atoms with E-state index in [9.17, 15) is 9.00 Å². The number of oxazole rings is 1. The number of likely N-dealkylation sites (tertiary alicyclic amines) is 1. The normalized spacial score (nSPS) is 19.6. The second-order valence-electron chi connectivity index (χ2n) is 6.93. The van der Waals surface area contributed by atoms with Crippen LogP contribution in [0.5, 0.6) is 0 Å². The van der Waals surface area contributed by atoms with Gasteiger partial charge in [-0.25, -0.2) is 14.0 Å². The third kappa shape index (κ3) is 3.77. The largest absolute Gasteiger partial charge is 0.444 e. The Kier molecular flexibility index (Phi) is 4.62. The highest BCUT2D eigenvalue weighted by molar-refractivity contribution is 7.84. The minimum atomic E-state index is -1.39. The van der Waals surface area contributed by atoms with Gasteiger partial charge in [0.15, 0.2) is 5.58 Å². The summed E-state index contributed by atoms with van der Waals surface area (Å²) in [6, 6.07) is 7.21. The molecule has 0 unspecified atom stereocenters. The molecular formula is C17H22N2O4S. The average Bonchev–Trinajstić information content (AvgIpc) is 3.11. The fourth-order valence-electron chi connectivity index (χ4n) is 2.76. The standard InChI is InChI=1S/C17H22N2O4S/c1-17(2,3)23-16(20)19-10-6-7-12(19)11-24(21)15-18-13-8-4-5-9-14(13)22-15/h4-5,8-9,12H,6-7,10-11H2,1-3H3/t12-,24-/m1/s1. The topological polar surface area (TPSA) is 72.6 Å². The van der Waals surface area contributed by atoms with Crippen LogP contribution in [0.3, 0.4) is 0 Å². The molecule has 1 aliphatic heterocycles. The summed E-state index contributed by atoms with van der Waals surface area (Å²) in [6.45, 7) is 6.15. The zero-order valence-electron chi connectivity index (χ0n) is 14.2. The predicted molar refractivity (Wildman–Crippen MR) is 91.2 cm³/mol. The summed E-state index contributed by atoms with van der Waals surface area (Å²) >= 11 is 0. The molecule has 1 aliphatic rings. The van der Waals surface area contributed by atoms with E-state index in [2.05, 4.69) is 4.98 Å². The number of benzene rings is 1. The van der Waals surface area contributed by atoms with Gasteiger partial charge in [-0.3, -0.25) is 0 Å². The van der Waals surface area contributed by atoms with Gasteiger partial charge in [0.2, 0.25) is 0 Å². The van der Waals surface area contributed by atoms with Crippen molar-refractivity contribution in [1.29, 1.82) is 0 Å². The molecule has 2 aromatic rings. The maximum absolute atomic E-state index is 12.6. The van der Waals surface area contributed by atoms with Crippen molar-refractivity contribution in [2.45, 2.75) is 50.5 Å². The fourth-order valence-corrected chi connectivity index (χ4v) is 3.99. The second kappa shape index (κ2) is 6.55. The molecule has 2 atom stereocenters. The highest BCUT2D eigenvalue weighted by Gasteiger charge is 2.34. The van der Waals surface area contributed by atoms with Crippen LogP contribution >= 0.6 is 0 Å². The first-order valence-corrected chi connectivity index (χ1v) is 9.39. The number of rotatable bonds is 3. The van der Waals surface area contributed by atoms with E-state index >= 15 is 0 Å². The maximum Gasteiger partial charge on any atom is 0.410 e. The zero-order valence-corrected chi connectivity index (χ0v) is 15.0. The van der Waals surface area contributed by atoms with Crippen molar-refractivity contribution >= 4 is 28.0 Å². The van der Waals surface area contributed by atoms with E-state index in [4.69, 9.17) is 9.15 Å². The zero-order chi connectivity index (χ0) is 17.3. The van der Waals surface area contributed by atoms with Gasteiger partial charge in [0.1, 0.15) is 21.9 Å². The van der Waals surface area contributed by atoms with Crippen LogP contribution in [0.15, 0.2) is 33.9 Å². The minimum Gasteiger partial charge on any atom is -0.444 e. The highest BCUT2D eigenvalue weighted by atomic mass is 32.2. The van der Waals surface area contributed by atoms with Crippen molar-refractivity contribution in [3.8, 4) is 0 Å². The fraction of sp³-hybridized carbons (Fsp3) is 0.529. The lowest BCUT2D eigenvalue weighted by Gasteiger charge is -2.28. The average molecular weight is 350 g/mol. The van der Waals surface area contributed by atoms with Gasteiger partial charge in [0.25, 0.3) is 5.22 Å². The smallest absolute Gasteiger partial charge is 0.410 e. The van der Waals surface area contributed by atoms with Crippen molar-refractivity contribution in [3.63, 3.8) is 0 Å². The van der Waals surface area contributed by atoms with Crippen LogP contribution in [-0.2, 0) is 15.5 Å². The van der Waals surface area contributed by atoms with Crippen LogP contribution in [-0.4, -0.2) is 44.1 Å². The molecule has 0 saturated carbocycles. The molecule has 1 saturated heterocycles. The van der Waals surface area contributed by atoms with E-state index in [1.54, 1.807) is 11.0 Å². The monoisotopic (exact) mass is 350 g/mol. The lowest BCUT2D eigenvalue weighted by Crippen LogP contribution is -2.42. The van der Waals surface area contributed by atoms with Gasteiger partial charge < -0.3 is 14.1 Å². The number of para-hydroxylation sites is 2. The van der Waals surface area contributed by atoms with Gasteiger partial charge in [0.05, 0.1) is 5.75 Å². The molecule has 7 heteroatoms. The molecule has 0 spiro atoms. The van der Waals surface area contributed by atoms with Crippen LogP contribution in [0, 0.1) is 0 Å². The Hall–Kier alpha value is -1.89. The Balaban J connectivity index is 1.69. The summed E-state index contributed by atoms with van der Waals surface area (Å²) in [4.78, 5) is 18.3. The summed E-state index contributed by atoms with van der Waals surface area (Å²) in [6.07, 6.45) is 1.35. The summed E-state index contributed by atoms with van der Waals surface area (Å²) in [5, 5.41) is 0.215. The third-order valence-electron chi connectivity index (χ3n) is 3.82. The van der Waals surface area contributed by atoms with Crippen molar-refractivity contribution < 1.29 is 18.2 Å². The number of nitrogens with zero attached hydrogens (tertiary/aromatic N) is 2. The molecule has 3 rings (SSSR count). The molecule has 1 aromatic carbocycles. The van der Waals surface area contributed by atoms with E-state index in [1.165, 1.54) is 0 Å². The molecule has 0 bridgehead atoms. The molecule has 1 aromatic heterocycles. The van der Waals surface area contributed by atoms with Crippen molar-refractivity contribution in [2.75, 3.05) is 12.3 Å². The van der Waals surface area contributed by atoms with Crippen LogP contribution < -0.4 is 0 Å². The quantitative estimate of drug-likeness (QED) is 0.849. The number of hydrogen-bond acceptors (Lipinski definition) is 5. The molecule has 0 radical (unpaired) electrons. The van der Waals surface area contributed by atoms with Crippen LogP contribution in [0.1, 0.15) is 33.6 Å². The Labute approximate surface area is 143 Å². The first kappa shape index (κ1) is 17.0. The summed E-state index contributed by atoms with van der Waals surface area (Å²) in [5.74, 6) is 0.312. The summed E-state index contributed by atoms with van der Waals surface area (Å²) in [7, 11) is -1.39. The number of ether oxygens (including phenoxy) is 1. The number of carbonyl (C=O) groups is 1. The van der Waals surface area contributed by atoms with Gasteiger partial charge >= 0.3 is 6.09 Å². The van der Waals surface area contributed by atoms with Gasteiger partial charge in [-0.1, -0.05) is 12.1 Å². The first-order chi connectivity index (χ1) is 11.3. The Bertz CT molecular complexity index is 732. The van der Waals surface area contributed by atoms with Crippen LogP contribution in [0.25, 0.3) is 11.1 Å². The van der Waals surface area contributed by atoms with E-state index in [-0.39, 0.29) is 17.4 Å². The molecular weight excluding hydrogens is 328 g/mol. The van der Waals surface area contributed by atoms with Crippen molar-refractivity contribution in [1.82, 2.24) is 9.88 Å². The number of fused-ring (bicyclic) bond motifs is 1. The van der Waals surface area contributed by atoms with E-state index < -0.39 is 16.4 Å². The van der Waals surface area contributed by atoms with Gasteiger partial charge in [0, 0.05) is 12.6 Å². The molecule has 1 fully saturated rings. The molecule has 6 nitrogen and oxygen atoms in total. The van der Waals surface area contributed by atoms with Gasteiger partial charge in [-0.05, 0) is 45.7 Å². The Morgan fingerprint density at radius 1 is 1.42 bits per heavy atom. The Morgan fingerprint density at radius 3 is 2.88 bits per heavy atom. The van der Waals surface area contributed by atoms with Crippen LogP contribution in [0.2, 0.25) is 0 Å². The van der Waals surface area contributed by atoms with Crippen LogP contribution in [0.4, 0.5) is 4.79 Å². The number of carbonyl (C=O) groups excluding carboxylic acids is 1. The molecule has 1 amide bonds. The van der Waals surface area contributed by atoms with Gasteiger partial charge in [-0.15, -0.1) is 0 Å². The summed E-state index contributed by atoms with van der Waals surface area (Å²) < 4.78 is 23.6. The number of hydrogen-bond donors (Lipinski definition) is 0. The molecule has 0 aliphatic carbocycles. The second-order valence-corrected chi connectivity index (χ2v) is 8.30.